The molecule has 0 unspecified atom stereocenters. The van der Waals surface area contributed by atoms with E-state index in [1.165, 1.54) is 14.1 Å². The first-order valence-electron chi connectivity index (χ1n) is 5.34. The van der Waals surface area contributed by atoms with Crippen molar-refractivity contribution in [2.45, 2.75) is 5.75 Å². The molecular weight excluding hydrogens is 254 g/mol. The summed E-state index contributed by atoms with van der Waals surface area (Å²) in [6.07, 6.45) is 0. The molecule has 6 nitrogen and oxygen atoms in total. The molecule has 0 spiro atoms. The maximum Gasteiger partial charge on any atom is 0.235 e. The quantitative estimate of drug-likeness (QED) is 0.724. The molecule has 18 heavy (non-hydrogen) atoms. The molecule has 0 aliphatic carbocycles. The predicted octanol–water partition coefficient (Wildman–Crippen LogP) is -0.224. The van der Waals surface area contributed by atoms with Crippen LogP contribution in [-0.4, -0.2) is 39.3 Å². The van der Waals surface area contributed by atoms with Crippen molar-refractivity contribution in [2.75, 3.05) is 26.4 Å². The minimum absolute atomic E-state index is 0.152. The van der Waals surface area contributed by atoms with Gasteiger partial charge in [-0.2, -0.15) is 4.31 Å². The predicted molar refractivity (Wildman–Crippen MR) is 70.2 cm³/mol. The Bertz CT molecular complexity index is 511. The molecule has 0 aromatic heterocycles. The van der Waals surface area contributed by atoms with E-state index in [-0.39, 0.29) is 18.2 Å². The Kier molecular flexibility index (Phi) is 4.69. The SMILES string of the molecule is CNC(=O)CN(C)S(=O)(=O)Cc1ccc(N)cc1. The van der Waals surface area contributed by atoms with Crippen LogP contribution in [0, 0.1) is 0 Å². The third kappa shape index (κ3) is 4.01. The Morgan fingerprint density at radius 1 is 1.33 bits per heavy atom. The molecule has 0 saturated heterocycles. The second-order valence-electron chi connectivity index (χ2n) is 3.93. The average molecular weight is 271 g/mol. The smallest absolute Gasteiger partial charge is 0.235 e. The van der Waals surface area contributed by atoms with E-state index < -0.39 is 10.0 Å². The minimum atomic E-state index is -3.50. The number of nitrogens with two attached hydrogens (primary N) is 1. The van der Waals surface area contributed by atoms with E-state index in [1.54, 1.807) is 24.3 Å². The monoisotopic (exact) mass is 271 g/mol. The van der Waals surface area contributed by atoms with Crippen molar-refractivity contribution in [1.82, 2.24) is 9.62 Å². The lowest BCUT2D eigenvalue weighted by Crippen LogP contribution is -2.37. The van der Waals surface area contributed by atoms with Gasteiger partial charge in [0.15, 0.2) is 0 Å². The van der Waals surface area contributed by atoms with Crippen molar-refractivity contribution in [3.63, 3.8) is 0 Å². The van der Waals surface area contributed by atoms with E-state index in [4.69, 9.17) is 5.73 Å². The van der Waals surface area contributed by atoms with Gasteiger partial charge in [0, 0.05) is 19.8 Å². The van der Waals surface area contributed by atoms with E-state index in [9.17, 15) is 13.2 Å². The number of amides is 1. The first kappa shape index (κ1) is 14.5. The number of carbonyl (C=O) groups excluding carboxylic acids is 1. The number of anilines is 1. The molecular formula is C11H17N3O3S. The molecule has 0 bridgehead atoms. The molecule has 1 aromatic rings. The van der Waals surface area contributed by atoms with Crippen LogP contribution in [0.2, 0.25) is 0 Å². The first-order chi connectivity index (χ1) is 8.35. The molecule has 1 rings (SSSR count). The Labute approximate surface area is 107 Å². The van der Waals surface area contributed by atoms with E-state index in [1.807, 2.05) is 0 Å². The fourth-order valence-corrected chi connectivity index (χ4v) is 2.46. The normalized spacial score (nSPS) is 11.5. The summed E-state index contributed by atoms with van der Waals surface area (Å²) in [5.74, 6) is -0.501. The third-order valence-corrected chi connectivity index (χ3v) is 4.23. The fourth-order valence-electron chi connectivity index (χ4n) is 1.31. The number of hydrogen-bond donors (Lipinski definition) is 2. The number of nitrogen functional groups attached to an aromatic ring is 1. The van der Waals surface area contributed by atoms with Gasteiger partial charge in [0.2, 0.25) is 15.9 Å². The molecule has 1 amide bonds. The standard InChI is InChI=1S/C11H17N3O3S/c1-13-11(15)7-14(2)18(16,17)8-9-3-5-10(12)6-4-9/h3-6H,7-8,12H2,1-2H3,(H,13,15). The van der Waals surface area contributed by atoms with E-state index in [0.717, 1.165) is 4.31 Å². The second kappa shape index (κ2) is 5.83. The maximum absolute atomic E-state index is 12.0. The van der Waals surface area contributed by atoms with Crippen molar-refractivity contribution >= 4 is 21.6 Å². The first-order valence-corrected chi connectivity index (χ1v) is 6.95. The topological polar surface area (TPSA) is 92.5 Å². The van der Waals surface area contributed by atoms with Crippen LogP contribution in [0.5, 0.6) is 0 Å². The van der Waals surface area contributed by atoms with E-state index >= 15 is 0 Å². The molecule has 0 fully saturated rings. The summed E-state index contributed by atoms with van der Waals surface area (Å²) in [6.45, 7) is -0.187. The van der Waals surface area contributed by atoms with E-state index in [0.29, 0.717) is 11.3 Å². The van der Waals surface area contributed by atoms with Gasteiger partial charge in [0.1, 0.15) is 0 Å². The van der Waals surface area contributed by atoms with Gasteiger partial charge in [-0.25, -0.2) is 8.42 Å². The average Bonchev–Trinajstić information content (AvgIpc) is 2.31. The molecule has 0 atom stereocenters. The van der Waals surface area contributed by atoms with Crippen molar-refractivity contribution in [3.8, 4) is 0 Å². The highest BCUT2D eigenvalue weighted by atomic mass is 32.2. The summed E-state index contributed by atoms with van der Waals surface area (Å²) in [5, 5.41) is 2.38. The summed E-state index contributed by atoms with van der Waals surface area (Å²) in [6, 6.07) is 6.59. The molecule has 1 aromatic carbocycles. The van der Waals surface area contributed by atoms with Crippen LogP contribution in [-0.2, 0) is 20.6 Å². The maximum atomic E-state index is 12.0. The fraction of sp³-hybridized carbons (Fsp3) is 0.364. The van der Waals surface area contributed by atoms with Crippen molar-refractivity contribution in [2.24, 2.45) is 0 Å². The van der Waals surface area contributed by atoms with Crippen LogP contribution >= 0.6 is 0 Å². The summed E-state index contributed by atoms with van der Waals surface area (Å²) in [5.41, 5.74) is 6.73. The number of benzene rings is 1. The Morgan fingerprint density at radius 2 is 1.89 bits per heavy atom. The van der Waals surface area contributed by atoms with Gasteiger partial charge < -0.3 is 11.1 Å². The number of nitrogens with zero attached hydrogens (tertiary/aromatic N) is 1. The number of hydrogen-bond acceptors (Lipinski definition) is 4. The van der Waals surface area contributed by atoms with Crippen LogP contribution in [0.3, 0.4) is 0 Å². The lowest BCUT2D eigenvalue weighted by Gasteiger charge is -2.16. The Morgan fingerprint density at radius 3 is 2.39 bits per heavy atom. The highest BCUT2D eigenvalue weighted by Crippen LogP contribution is 2.11. The van der Waals surface area contributed by atoms with Crippen molar-refractivity contribution < 1.29 is 13.2 Å². The molecule has 0 radical (unpaired) electrons. The van der Waals surface area contributed by atoms with Gasteiger partial charge in [-0.1, -0.05) is 12.1 Å². The van der Waals surface area contributed by atoms with Crippen molar-refractivity contribution in [3.05, 3.63) is 29.8 Å². The lowest BCUT2D eigenvalue weighted by atomic mass is 10.2. The van der Waals surface area contributed by atoms with Crippen LogP contribution in [0.25, 0.3) is 0 Å². The lowest BCUT2D eigenvalue weighted by molar-refractivity contribution is -0.120. The summed E-state index contributed by atoms with van der Waals surface area (Å²) < 4.78 is 24.9. The van der Waals surface area contributed by atoms with Gasteiger partial charge in [-0.3, -0.25) is 4.79 Å². The van der Waals surface area contributed by atoms with Crippen LogP contribution in [0.15, 0.2) is 24.3 Å². The van der Waals surface area contributed by atoms with Crippen LogP contribution < -0.4 is 11.1 Å². The zero-order chi connectivity index (χ0) is 13.8. The van der Waals surface area contributed by atoms with Gasteiger partial charge in [0.05, 0.1) is 12.3 Å². The molecule has 3 N–H and O–H groups in total. The molecule has 0 aliphatic rings. The third-order valence-electron chi connectivity index (χ3n) is 2.45. The summed E-state index contributed by atoms with van der Waals surface area (Å²) in [7, 11) is -0.662. The molecule has 100 valence electrons. The molecule has 0 heterocycles. The zero-order valence-corrected chi connectivity index (χ0v) is 11.2. The van der Waals surface area contributed by atoms with Gasteiger partial charge in [0.25, 0.3) is 0 Å². The number of likely N-dealkylation sites (N-methyl/N-ethyl adjacent to an activating group) is 2. The highest BCUT2D eigenvalue weighted by Gasteiger charge is 2.20. The van der Waals surface area contributed by atoms with Gasteiger partial charge in [-0.05, 0) is 17.7 Å². The zero-order valence-electron chi connectivity index (χ0n) is 10.4. The second-order valence-corrected chi connectivity index (χ2v) is 6.00. The summed E-state index contributed by atoms with van der Waals surface area (Å²) in [4.78, 5) is 11.1. The van der Waals surface area contributed by atoms with Crippen LogP contribution in [0.4, 0.5) is 5.69 Å². The number of carbonyl (C=O) groups is 1. The summed E-state index contributed by atoms with van der Waals surface area (Å²) >= 11 is 0. The molecule has 0 saturated carbocycles. The molecule has 0 aliphatic heterocycles. The Balaban J connectivity index is 2.75. The largest absolute Gasteiger partial charge is 0.399 e. The Hall–Kier alpha value is -1.60. The van der Waals surface area contributed by atoms with Gasteiger partial charge >= 0.3 is 0 Å². The van der Waals surface area contributed by atoms with E-state index in [2.05, 4.69) is 5.32 Å². The van der Waals surface area contributed by atoms with Crippen molar-refractivity contribution in [1.29, 1.82) is 0 Å². The number of rotatable bonds is 5. The number of sulfonamides is 1. The van der Waals surface area contributed by atoms with Crippen LogP contribution in [0.1, 0.15) is 5.56 Å². The molecule has 7 heteroatoms. The minimum Gasteiger partial charge on any atom is -0.399 e. The number of nitrogens with one attached hydrogen (secondary N) is 1. The van der Waals surface area contributed by atoms with Gasteiger partial charge in [-0.15, -0.1) is 0 Å². The highest BCUT2D eigenvalue weighted by molar-refractivity contribution is 7.88.